The van der Waals surface area contributed by atoms with E-state index in [2.05, 4.69) is 29.4 Å². The zero-order valence-corrected chi connectivity index (χ0v) is 13.2. The molecule has 0 saturated heterocycles. The zero-order valence-electron chi connectivity index (χ0n) is 11.6. The van der Waals surface area contributed by atoms with E-state index in [1.165, 1.54) is 0 Å². The molecule has 1 unspecified atom stereocenters. The average Bonchev–Trinajstić information content (AvgIpc) is 2.86. The van der Waals surface area contributed by atoms with Gasteiger partial charge in [0.15, 0.2) is 0 Å². The van der Waals surface area contributed by atoms with Gasteiger partial charge in [0.2, 0.25) is 5.16 Å². The average molecular weight is 310 g/mol. The predicted molar refractivity (Wildman–Crippen MR) is 81.1 cm³/mol. The minimum atomic E-state index is -0.961. The van der Waals surface area contributed by atoms with Crippen LogP contribution in [0.1, 0.15) is 13.8 Å². The fourth-order valence-corrected chi connectivity index (χ4v) is 3.83. The Labute approximate surface area is 125 Å². The number of hydrogen-bond donors (Lipinski definition) is 0. The lowest BCUT2D eigenvalue weighted by molar-refractivity contribution is 0.446. The first-order chi connectivity index (χ1) is 9.66. The zero-order chi connectivity index (χ0) is 14.4. The van der Waals surface area contributed by atoms with Gasteiger partial charge < -0.3 is 0 Å². The smallest absolute Gasteiger partial charge is 0.209 e. The van der Waals surface area contributed by atoms with Gasteiger partial charge in [-0.25, -0.2) is 4.68 Å². The molecule has 2 rings (SSSR count). The van der Waals surface area contributed by atoms with Crippen LogP contribution in [0.15, 0.2) is 40.4 Å². The van der Waals surface area contributed by atoms with Crippen molar-refractivity contribution in [2.75, 3.05) is 11.5 Å². The van der Waals surface area contributed by atoms with E-state index in [1.807, 2.05) is 30.3 Å². The van der Waals surface area contributed by atoms with E-state index in [0.717, 1.165) is 22.3 Å². The number of hydrogen-bond acceptors (Lipinski definition) is 5. The maximum atomic E-state index is 12.1. The molecule has 2 aromatic rings. The highest BCUT2D eigenvalue weighted by atomic mass is 32.2. The van der Waals surface area contributed by atoms with Gasteiger partial charge in [-0.1, -0.05) is 43.8 Å². The molecule has 1 atom stereocenters. The van der Waals surface area contributed by atoms with Crippen LogP contribution in [-0.4, -0.2) is 35.9 Å². The summed E-state index contributed by atoms with van der Waals surface area (Å²) in [4.78, 5) is 0.870. The summed E-state index contributed by atoms with van der Waals surface area (Å²) in [5.74, 6) is 1.83. The largest absolute Gasteiger partial charge is 0.254 e. The Balaban J connectivity index is 1.84. The molecule has 20 heavy (non-hydrogen) atoms. The van der Waals surface area contributed by atoms with Crippen LogP contribution in [0.2, 0.25) is 0 Å². The molecule has 1 heterocycles. The predicted octanol–water partition coefficient (Wildman–Crippen LogP) is 2.23. The molecular weight excluding hydrogens is 292 g/mol. The van der Waals surface area contributed by atoms with Gasteiger partial charge in [-0.3, -0.25) is 4.21 Å². The second kappa shape index (κ2) is 7.54. The van der Waals surface area contributed by atoms with Crippen molar-refractivity contribution in [1.82, 2.24) is 20.2 Å². The fourth-order valence-electron chi connectivity index (χ4n) is 1.66. The Bertz CT molecular complexity index is 557. The van der Waals surface area contributed by atoms with Gasteiger partial charge in [0.25, 0.3) is 0 Å². The van der Waals surface area contributed by atoms with E-state index in [9.17, 15) is 4.21 Å². The van der Waals surface area contributed by atoms with Crippen molar-refractivity contribution in [2.45, 2.75) is 30.4 Å². The van der Waals surface area contributed by atoms with Crippen molar-refractivity contribution < 1.29 is 4.21 Å². The molecule has 0 bridgehead atoms. The van der Waals surface area contributed by atoms with E-state index in [1.54, 1.807) is 16.4 Å². The molecular formula is C13H18N4OS2. The van der Waals surface area contributed by atoms with Crippen molar-refractivity contribution in [3.05, 3.63) is 30.3 Å². The molecule has 0 fully saturated rings. The van der Waals surface area contributed by atoms with Gasteiger partial charge in [-0.05, 0) is 28.5 Å². The maximum absolute atomic E-state index is 12.1. The summed E-state index contributed by atoms with van der Waals surface area (Å²) < 4.78 is 13.9. The van der Waals surface area contributed by atoms with Crippen molar-refractivity contribution in [3.63, 3.8) is 0 Å². The van der Waals surface area contributed by atoms with Gasteiger partial charge in [0, 0.05) is 22.9 Å². The lowest BCUT2D eigenvalue weighted by Crippen LogP contribution is -2.08. The Morgan fingerprint density at radius 1 is 1.30 bits per heavy atom. The third-order valence-corrected chi connectivity index (χ3v) is 5.13. The summed E-state index contributed by atoms with van der Waals surface area (Å²) in [6.07, 6.45) is 0. The monoisotopic (exact) mass is 310 g/mol. The number of benzene rings is 1. The van der Waals surface area contributed by atoms with Gasteiger partial charge >= 0.3 is 0 Å². The summed E-state index contributed by atoms with van der Waals surface area (Å²) >= 11 is 1.55. The number of aromatic nitrogens is 4. The Morgan fingerprint density at radius 3 is 2.75 bits per heavy atom. The molecule has 0 saturated carbocycles. The minimum Gasteiger partial charge on any atom is -0.254 e. The first-order valence-corrected chi connectivity index (χ1v) is 8.79. The molecule has 0 aliphatic carbocycles. The number of thioether (sulfide) groups is 1. The summed E-state index contributed by atoms with van der Waals surface area (Å²) in [6.45, 7) is 5.05. The minimum absolute atomic E-state index is 0.497. The summed E-state index contributed by atoms with van der Waals surface area (Å²) in [5, 5.41) is 12.5. The van der Waals surface area contributed by atoms with E-state index < -0.39 is 10.8 Å². The topological polar surface area (TPSA) is 60.7 Å². The van der Waals surface area contributed by atoms with Gasteiger partial charge in [-0.2, -0.15) is 0 Å². The number of rotatable bonds is 7. The molecule has 0 aliphatic rings. The van der Waals surface area contributed by atoms with Crippen LogP contribution in [0.3, 0.4) is 0 Å². The second-order valence-electron chi connectivity index (χ2n) is 4.75. The quantitative estimate of drug-likeness (QED) is 0.734. The van der Waals surface area contributed by atoms with Crippen molar-refractivity contribution in [2.24, 2.45) is 5.92 Å². The molecule has 0 amide bonds. The van der Waals surface area contributed by atoms with E-state index in [-0.39, 0.29) is 0 Å². The highest BCUT2D eigenvalue weighted by molar-refractivity contribution is 8.00. The SMILES string of the molecule is CC(C)Cn1nnnc1SCCS(=O)c1ccccc1. The lowest BCUT2D eigenvalue weighted by atomic mass is 10.2. The fraction of sp³-hybridized carbons (Fsp3) is 0.462. The standard InChI is InChI=1S/C13H18N4OS2/c1-11(2)10-17-13(14-15-16-17)19-8-9-20(18)12-6-4-3-5-7-12/h3-7,11H,8-10H2,1-2H3. The Morgan fingerprint density at radius 2 is 2.05 bits per heavy atom. The first-order valence-electron chi connectivity index (χ1n) is 6.49. The molecule has 0 radical (unpaired) electrons. The molecule has 1 aromatic heterocycles. The Hall–Kier alpha value is -1.21. The normalized spacial score (nSPS) is 12.8. The molecule has 5 nitrogen and oxygen atoms in total. The summed E-state index contributed by atoms with van der Waals surface area (Å²) in [5.41, 5.74) is 0. The van der Waals surface area contributed by atoms with Crippen molar-refractivity contribution in [3.8, 4) is 0 Å². The number of tetrazole rings is 1. The van der Waals surface area contributed by atoms with Crippen LogP contribution < -0.4 is 0 Å². The highest BCUT2D eigenvalue weighted by Crippen LogP contribution is 2.16. The summed E-state index contributed by atoms with van der Waals surface area (Å²) in [6, 6.07) is 9.52. The van der Waals surface area contributed by atoms with Gasteiger partial charge in [-0.15, -0.1) is 5.10 Å². The summed E-state index contributed by atoms with van der Waals surface area (Å²) in [7, 11) is -0.961. The van der Waals surface area contributed by atoms with Gasteiger partial charge in [0.05, 0.1) is 10.8 Å². The maximum Gasteiger partial charge on any atom is 0.209 e. The third-order valence-electron chi connectivity index (χ3n) is 2.54. The van der Waals surface area contributed by atoms with Crippen LogP contribution >= 0.6 is 11.8 Å². The Kier molecular flexibility index (Phi) is 5.72. The third kappa shape index (κ3) is 4.42. The lowest BCUT2D eigenvalue weighted by Gasteiger charge is -2.06. The van der Waals surface area contributed by atoms with E-state index >= 15 is 0 Å². The van der Waals surface area contributed by atoms with E-state index in [0.29, 0.717) is 11.7 Å². The second-order valence-corrected chi connectivity index (χ2v) is 7.38. The molecule has 7 heteroatoms. The molecule has 0 N–H and O–H groups in total. The number of nitrogens with zero attached hydrogens (tertiary/aromatic N) is 4. The van der Waals surface area contributed by atoms with Crippen LogP contribution in [0.25, 0.3) is 0 Å². The molecule has 0 spiro atoms. The molecule has 108 valence electrons. The van der Waals surface area contributed by atoms with Crippen molar-refractivity contribution in [1.29, 1.82) is 0 Å². The van der Waals surface area contributed by atoms with Crippen LogP contribution in [-0.2, 0) is 17.3 Å². The first kappa shape index (κ1) is 15.2. The van der Waals surface area contributed by atoms with E-state index in [4.69, 9.17) is 0 Å². The van der Waals surface area contributed by atoms with Gasteiger partial charge in [0.1, 0.15) is 0 Å². The van der Waals surface area contributed by atoms with Crippen LogP contribution in [0.4, 0.5) is 0 Å². The van der Waals surface area contributed by atoms with Crippen LogP contribution in [0.5, 0.6) is 0 Å². The highest BCUT2D eigenvalue weighted by Gasteiger charge is 2.09. The van der Waals surface area contributed by atoms with Crippen LogP contribution in [0, 0.1) is 5.92 Å². The molecule has 1 aromatic carbocycles. The van der Waals surface area contributed by atoms with Crippen molar-refractivity contribution >= 4 is 22.6 Å². The molecule has 0 aliphatic heterocycles.